The lowest BCUT2D eigenvalue weighted by molar-refractivity contribution is -0.156. The summed E-state index contributed by atoms with van der Waals surface area (Å²) in [7, 11) is 4.72. The first-order chi connectivity index (χ1) is 19.7. The predicted octanol–water partition coefficient (Wildman–Crippen LogP) is 5.75. The van der Waals surface area contributed by atoms with E-state index in [0.29, 0.717) is 25.0 Å². The molecule has 0 radical (unpaired) electrons. The molecule has 3 aromatic carbocycles. The molecular weight excluding hydrogens is 520 g/mol. The summed E-state index contributed by atoms with van der Waals surface area (Å²) >= 11 is 0. The van der Waals surface area contributed by atoms with E-state index in [1.807, 2.05) is 61.5 Å². The highest BCUT2D eigenvalue weighted by atomic mass is 16.5. The third kappa shape index (κ3) is 8.58. The number of hydrogen-bond acceptors (Lipinski definition) is 6. The van der Waals surface area contributed by atoms with Crippen molar-refractivity contribution in [3.05, 3.63) is 95.6 Å². The number of ether oxygens (including phenoxy) is 3. The van der Waals surface area contributed by atoms with Crippen LogP contribution in [-0.2, 0) is 27.4 Å². The van der Waals surface area contributed by atoms with Gasteiger partial charge in [-0.05, 0) is 67.1 Å². The van der Waals surface area contributed by atoms with Crippen molar-refractivity contribution in [2.75, 3.05) is 21.3 Å². The second-order valence-corrected chi connectivity index (χ2v) is 10.4. The summed E-state index contributed by atoms with van der Waals surface area (Å²) < 4.78 is 16.1. The molecule has 0 heterocycles. The molecule has 8 nitrogen and oxygen atoms in total. The summed E-state index contributed by atoms with van der Waals surface area (Å²) in [5.74, 6) is 0.806. The van der Waals surface area contributed by atoms with Gasteiger partial charge in [0.25, 0.3) is 0 Å². The fourth-order valence-electron chi connectivity index (χ4n) is 4.78. The largest absolute Gasteiger partial charge is 0.497 e. The van der Waals surface area contributed by atoms with E-state index < -0.39 is 23.5 Å². The molecule has 8 heteroatoms. The first kappa shape index (κ1) is 31.2. The monoisotopic (exact) mass is 560 g/mol. The Hall–Kier alpha value is -4.33. The van der Waals surface area contributed by atoms with Crippen molar-refractivity contribution in [1.82, 2.24) is 10.2 Å². The maximum atomic E-state index is 13.6. The lowest BCUT2D eigenvalue weighted by Gasteiger charge is -2.38. The number of aryl methyl sites for hydroxylation is 1. The van der Waals surface area contributed by atoms with Crippen LogP contribution in [0.2, 0.25) is 0 Å². The van der Waals surface area contributed by atoms with Gasteiger partial charge in [-0.15, -0.1) is 0 Å². The molecule has 0 saturated heterocycles. The van der Waals surface area contributed by atoms with Crippen LogP contribution in [0.1, 0.15) is 49.4 Å². The van der Waals surface area contributed by atoms with E-state index in [0.717, 1.165) is 28.7 Å². The maximum Gasteiger partial charge on any atom is 0.330 e. The zero-order valence-corrected chi connectivity index (χ0v) is 24.5. The molecule has 0 aromatic heterocycles. The van der Waals surface area contributed by atoms with E-state index in [2.05, 4.69) is 5.32 Å². The van der Waals surface area contributed by atoms with Gasteiger partial charge in [-0.1, -0.05) is 61.5 Å². The fourth-order valence-corrected chi connectivity index (χ4v) is 4.78. The van der Waals surface area contributed by atoms with Crippen molar-refractivity contribution in [2.24, 2.45) is 5.41 Å². The standard InChI is InChI=1S/C33H40N2O6/c1-24(27-11-7-6-8-12-27)34-32(38)35(3)30(31(37)41-22-26-15-19-29(40-5)20-16-26)33(2,23-36)21-9-10-25-13-17-28(39-4)18-14-25/h6-8,11-20,23-24,30H,9-10,21-22H2,1-5H3,(H,34,38)/t24-,30-,33+/m1/s1. The summed E-state index contributed by atoms with van der Waals surface area (Å²) in [5, 5.41) is 2.94. The molecule has 0 unspecified atom stereocenters. The van der Waals surface area contributed by atoms with Gasteiger partial charge in [0.1, 0.15) is 30.4 Å². The van der Waals surface area contributed by atoms with Crippen molar-refractivity contribution in [3.63, 3.8) is 0 Å². The lowest BCUT2D eigenvalue weighted by Crippen LogP contribution is -2.56. The lowest BCUT2D eigenvalue weighted by atomic mass is 9.78. The summed E-state index contributed by atoms with van der Waals surface area (Å²) in [6, 6.07) is 22.5. The number of esters is 1. The van der Waals surface area contributed by atoms with Crippen molar-refractivity contribution in [3.8, 4) is 11.5 Å². The normalized spacial score (nSPS) is 13.7. The highest BCUT2D eigenvalue weighted by Crippen LogP contribution is 2.31. The molecular formula is C33H40N2O6. The van der Waals surface area contributed by atoms with Gasteiger partial charge >= 0.3 is 12.0 Å². The van der Waals surface area contributed by atoms with E-state index in [9.17, 15) is 14.4 Å². The molecule has 0 saturated carbocycles. The molecule has 218 valence electrons. The average Bonchev–Trinajstić information content (AvgIpc) is 3.01. The van der Waals surface area contributed by atoms with E-state index >= 15 is 0 Å². The van der Waals surface area contributed by atoms with Gasteiger partial charge in [-0.25, -0.2) is 9.59 Å². The maximum absolute atomic E-state index is 13.6. The number of hydrogen-bond donors (Lipinski definition) is 1. The number of aldehydes is 1. The third-order valence-corrected chi connectivity index (χ3v) is 7.34. The Morgan fingerprint density at radius 3 is 2.00 bits per heavy atom. The van der Waals surface area contributed by atoms with Gasteiger partial charge in [-0.3, -0.25) is 0 Å². The Bertz CT molecular complexity index is 1260. The van der Waals surface area contributed by atoms with Crippen LogP contribution < -0.4 is 14.8 Å². The molecule has 0 aliphatic carbocycles. The van der Waals surface area contributed by atoms with Crippen molar-refractivity contribution >= 4 is 18.3 Å². The Balaban J connectivity index is 1.78. The molecule has 1 N–H and O–H groups in total. The summed E-state index contributed by atoms with van der Waals surface area (Å²) in [6.45, 7) is 3.57. The number of urea groups is 1. The number of carbonyl (C=O) groups is 3. The van der Waals surface area contributed by atoms with Crippen molar-refractivity contribution in [2.45, 2.75) is 51.8 Å². The smallest absolute Gasteiger partial charge is 0.330 e. The number of amides is 2. The minimum absolute atomic E-state index is 0.00398. The number of benzene rings is 3. The Morgan fingerprint density at radius 1 is 0.902 bits per heavy atom. The second-order valence-electron chi connectivity index (χ2n) is 10.4. The van der Waals surface area contributed by atoms with Crippen LogP contribution >= 0.6 is 0 Å². The highest BCUT2D eigenvalue weighted by Gasteiger charge is 2.44. The number of nitrogens with zero attached hydrogens (tertiary/aromatic N) is 1. The summed E-state index contributed by atoms with van der Waals surface area (Å²) in [5.41, 5.74) is 1.58. The van der Waals surface area contributed by atoms with Gasteiger partial charge in [-0.2, -0.15) is 0 Å². The number of likely N-dealkylation sites (N-methyl/N-ethyl adjacent to an activating group) is 1. The van der Waals surface area contributed by atoms with E-state index in [-0.39, 0.29) is 12.6 Å². The van der Waals surface area contributed by atoms with Crippen LogP contribution in [-0.4, -0.2) is 50.5 Å². The number of nitrogens with one attached hydrogen (secondary N) is 1. The molecule has 0 fully saturated rings. The fraction of sp³-hybridized carbons (Fsp3) is 0.364. The molecule has 0 bridgehead atoms. The zero-order chi connectivity index (χ0) is 29.8. The van der Waals surface area contributed by atoms with E-state index in [1.165, 1.54) is 11.9 Å². The van der Waals surface area contributed by atoms with Gasteiger partial charge in [0.05, 0.1) is 25.7 Å². The molecule has 0 spiro atoms. The SMILES string of the molecule is COc1ccc(CCC[C@@](C)(C=O)[C@@H](C(=O)OCc2ccc(OC)cc2)N(C)C(=O)N[C@H](C)c2ccccc2)cc1. The van der Waals surface area contributed by atoms with Crippen LogP contribution in [0.15, 0.2) is 78.9 Å². The molecule has 3 rings (SSSR count). The predicted molar refractivity (Wildman–Crippen MR) is 158 cm³/mol. The van der Waals surface area contributed by atoms with Gasteiger partial charge in [0.2, 0.25) is 0 Å². The van der Waals surface area contributed by atoms with Crippen LogP contribution in [0.3, 0.4) is 0 Å². The van der Waals surface area contributed by atoms with Crippen LogP contribution in [0, 0.1) is 5.41 Å². The minimum atomic E-state index is -1.19. The summed E-state index contributed by atoms with van der Waals surface area (Å²) in [6.07, 6.45) is 2.46. The van der Waals surface area contributed by atoms with E-state index in [1.54, 1.807) is 45.4 Å². The third-order valence-electron chi connectivity index (χ3n) is 7.34. The van der Waals surface area contributed by atoms with Gasteiger partial charge in [0.15, 0.2) is 0 Å². The Morgan fingerprint density at radius 2 is 1.46 bits per heavy atom. The topological polar surface area (TPSA) is 94.2 Å². The zero-order valence-electron chi connectivity index (χ0n) is 24.5. The number of carbonyl (C=O) groups excluding carboxylic acids is 3. The highest BCUT2D eigenvalue weighted by molar-refractivity contribution is 5.87. The first-order valence-corrected chi connectivity index (χ1v) is 13.7. The molecule has 2 amide bonds. The average molecular weight is 561 g/mol. The van der Waals surface area contributed by atoms with E-state index in [4.69, 9.17) is 14.2 Å². The Kier molecular flexibility index (Phi) is 11.3. The van der Waals surface area contributed by atoms with Crippen LogP contribution in [0.25, 0.3) is 0 Å². The minimum Gasteiger partial charge on any atom is -0.497 e. The van der Waals surface area contributed by atoms with Crippen molar-refractivity contribution < 1.29 is 28.6 Å². The molecule has 41 heavy (non-hydrogen) atoms. The van der Waals surface area contributed by atoms with Crippen molar-refractivity contribution in [1.29, 1.82) is 0 Å². The molecule has 3 atom stereocenters. The second kappa shape index (κ2) is 14.9. The van der Waals surface area contributed by atoms with Gasteiger partial charge < -0.3 is 29.2 Å². The molecule has 0 aliphatic rings. The number of rotatable bonds is 14. The first-order valence-electron chi connectivity index (χ1n) is 13.7. The number of methoxy groups -OCH3 is 2. The van der Waals surface area contributed by atoms with Crippen LogP contribution in [0.4, 0.5) is 4.79 Å². The molecule has 3 aromatic rings. The quantitative estimate of drug-likeness (QED) is 0.199. The molecule has 0 aliphatic heterocycles. The van der Waals surface area contributed by atoms with Gasteiger partial charge in [0, 0.05) is 7.05 Å². The Labute approximate surface area is 242 Å². The summed E-state index contributed by atoms with van der Waals surface area (Å²) in [4.78, 5) is 40.9. The van der Waals surface area contributed by atoms with Crippen LogP contribution in [0.5, 0.6) is 11.5 Å².